The van der Waals surface area contributed by atoms with E-state index in [2.05, 4.69) is 228 Å². The lowest BCUT2D eigenvalue weighted by molar-refractivity contribution is 1.18. The summed E-state index contributed by atoms with van der Waals surface area (Å²) in [5.74, 6) is 0.707. The largest absolute Gasteiger partial charge is 0.309 e. The number of rotatable bonds is 4. The molecule has 4 nitrogen and oxygen atoms in total. The molecule has 0 aliphatic heterocycles. The lowest BCUT2D eigenvalue weighted by Gasteiger charge is -2.16. The van der Waals surface area contributed by atoms with Gasteiger partial charge in [-0.05, 0) is 104 Å². The van der Waals surface area contributed by atoms with Crippen molar-refractivity contribution in [1.82, 2.24) is 19.1 Å². The monoisotopic (exact) mass is 812 g/mol. The average molecular weight is 813 g/mol. The second-order valence-electron chi connectivity index (χ2n) is 16.9. The summed E-state index contributed by atoms with van der Waals surface area (Å²) in [5, 5.41) is 15.5. The highest BCUT2D eigenvalue weighted by Crippen LogP contribution is 2.44. The maximum absolute atomic E-state index is 5.41. The molecule has 11 aromatic carbocycles. The highest BCUT2D eigenvalue weighted by molar-refractivity contribution is 6.20. The molecule has 0 unspecified atom stereocenters. The van der Waals surface area contributed by atoms with E-state index >= 15 is 0 Å². The summed E-state index contributed by atoms with van der Waals surface area (Å²) in [5.41, 5.74) is 10.9. The van der Waals surface area contributed by atoms with E-state index in [1.807, 2.05) is 0 Å². The molecule has 0 amide bonds. The zero-order valence-electron chi connectivity index (χ0n) is 34.6. The molecule has 0 fully saturated rings. The summed E-state index contributed by atoms with van der Waals surface area (Å²) >= 11 is 0. The SMILES string of the molecule is c1ccc2cc(-c3nc(-c4ccc(-n5c6cc7ccccc7cc6c6c(-n7c8ccccc8c8cc9ccccc9cc87)cccc65)c5ccccc45)nc4ccccc34)ccc2c1. The van der Waals surface area contributed by atoms with Crippen LogP contribution in [0.4, 0.5) is 0 Å². The highest BCUT2D eigenvalue weighted by Gasteiger charge is 2.23. The topological polar surface area (TPSA) is 35.6 Å². The Labute approximate surface area is 367 Å². The molecule has 0 saturated carbocycles. The average Bonchev–Trinajstić information content (AvgIpc) is 3.85. The molecule has 0 N–H and O–H groups in total. The van der Waals surface area contributed by atoms with Gasteiger partial charge in [-0.15, -0.1) is 0 Å². The van der Waals surface area contributed by atoms with Gasteiger partial charge in [-0.3, -0.25) is 0 Å². The summed E-state index contributed by atoms with van der Waals surface area (Å²) in [4.78, 5) is 10.7. The van der Waals surface area contributed by atoms with Gasteiger partial charge in [-0.1, -0.05) is 152 Å². The van der Waals surface area contributed by atoms with Gasteiger partial charge in [0.25, 0.3) is 0 Å². The van der Waals surface area contributed by atoms with Crippen molar-refractivity contribution < 1.29 is 0 Å². The van der Waals surface area contributed by atoms with E-state index in [9.17, 15) is 0 Å². The molecule has 3 aromatic heterocycles. The molecule has 0 radical (unpaired) electrons. The summed E-state index contributed by atoms with van der Waals surface area (Å²) in [6.45, 7) is 0. The minimum absolute atomic E-state index is 0.707. The van der Waals surface area contributed by atoms with Crippen LogP contribution in [0, 0.1) is 0 Å². The molecule has 4 heteroatoms. The molecule has 14 aromatic rings. The molecule has 14 rings (SSSR count). The fourth-order valence-corrected chi connectivity index (χ4v) is 10.5. The van der Waals surface area contributed by atoms with Gasteiger partial charge in [0.1, 0.15) is 0 Å². The van der Waals surface area contributed by atoms with E-state index in [4.69, 9.17) is 9.97 Å². The van der Waals surface area contributed by atoms with Crippen LogP contribution in [-0.2, 0) is 0 Å². The quantitative estimate of drug-likeness (QED) is 0.177. The molecule has 0 spiro atoms. The predicted molar refractivity (Wildman–Crippen MR) is 269 cm³/mol. The van der Waals surface area contributed by atoms with Gasteiger partial charge in [0.15, 0.2) is 5.82 Å². The molecule has 0 bridgehead atoms. The minimum atomic E-state index is 0.707. The Morgan fingerprint density at radius 1 is 0.297 bits per heavy atom. The summed E-state index contributed by atoms with van der Waals surface area (Å²) in [6, 6.07) is 79.3. The Balaban J connectivity index is 1.04. The van der Waals surface area contributed by atoms with Crippen LogP contribution in [-0.4, -0.2) is 19.1 Å². The maximum Gasteiger partial charge on any atom is 0.161 e. The molecule has 3 heterocycles. The first-order valence-electron chi connectivity index (χ1n) is 21.9. The first kappa shape index (κ1) is 35.0. The van der Waals surface area contributed by atoms with Crippen molar-refractivity contribution in [2.24, 2.45) is 0 Å². The molecule has 0 saturated heterocycles. The van der Waals surface area contributed by atoms with E-state index in [1.165, 1.54) is 64.9 Å². The van der Waals surface area contributed by atoms with Crippen LogP contribution < -0.4 is 0 Å². The number of nitrogens with zero attached hydrogens (tertiary/aromatic N) is 4. The standard InChI is InChI=1S/C60H36N4/c1-2-15-38-32-43(29-28-37(38)14-1)59-48-23-9-11-24-51(48)61-60(62-59)47-30-31-53(45-21-8-7-20-44(45)47)64-55-27-13-26-54(58(55)50-34-40-17-4-6-19-42(40)36-57(50)64)63-52-25-12-10-22-46(52)49-33-39-16-3-5-18-41(39)35-56(49)63/h1-36H. The third-order valence-electron chi connectivity index (χ3n) is 13.4. The maximum atomic E-state index is 5.41. The van der Waals surface area contributed by atoms with Crippen LogP contribution in [0.2, 0.25) is 0 Å². The molecule has 0 atom stereocenters. The Kier molecular flexibility index (Phi) is 7.36. The smallest absolute Gasteiger partial charge is 0.161 e. The predicted octanol–water partition coefficient (Wildman–Crippen LogP) is 15.8. The van der Waals surface area contributed by atoms with E-state index in [1.54, 1.807) is 0 Å². The van der Waals surface area contributed by atoms with Gasteiger partial charge >= 0.3 is 0 Å². The van der Waals surface area contributed by atoms with Gasteiger partial charge < -0.3 is 9.13 Å². The number of para-hydroxylation sites is 2. The highest BCUT2D eigenvalue weighted by atomic mass is 15.0. The summed E-state index contributed by atoms with van der Waals surface area (Å²) in [7, 11) is 0. The number of hydrogen-bond donors (Lipinski definition) is 0. The molecule has 64 heavy (non-hydrogen) atoms. The number of hydrogen-bond acceptors (Lipinski definition) is 2. The minimum Gasteiger partial charge on any atom is -0.309 e. The van der Waals surface area contributed by atoms with Crippen LogP contribution in [0.3, 0.4) is 0 Å². The van der Waals surface area contributed by atoms with Crippen LogP contribution in [0.25, 0.3) is 132 Å². The van der Waals surface area contributed by atoms with Gasteiger partial charge in [0.05, 0.1) is 44.7 Å². The van der Waals surface area contributed by atoms with Gasteiger partial charge in [0.2, 0.25) is 0 Å². The van der Waals surface area contributed by atoms with E-state index in [0.29, 0.717) is 5.82 Å². The Morgan fingerprint density at radius 2 is 0.859 bits per heavy atom. The summed E-state index contributed by atoms with van der Waals surface area (Å²) in [6.07, 6.45) is 0. The van der Waals surface area contributed by atoms with Crippen molar-refractivity contribution in [1.29, 1.82) is 0 Å². The van der Waals surface area contributed by atoms with Gasteiger partial charge in [0, 0.05) is 43.4 Å². The third-order valence-corrected chi connectivity index (χ3v) is 13.4. The second kappa shape index (κ2) is 13.4. The number of fused-ring (bicyclic) bond motifs is 11. The van der Waals surface area contributed by atoms with E-state index in [0.717, 1.165) is 60.9 Å². The molecule has 296 valence electrons. The zero-order valence-corrected chi connectivity index (χ0v) is 34.6. The molecular formula is C60H36N4. The van der Waals surface area contributed by atoms with Crippen molar-refractivity contribution in [3.8, 4) is 34.0 Å². The number of benzene rings is 11. The lowest BCUT2D eigenvalue weighted by atomic mass is 9.99. The second-order valence-corrected chi connectivity index (χ2v) is 16.9. The molecule has 0 aliphatic rings. The van der Waals surface area contributed by atoms with Crippen LogP contribution in [0.5, 0.6) is 0 Å². The van der Waals surface area contributed by atoms with Gasteiger partial charge in [-0.25, -0.2) is 9.97 Å². The summed E-state index contributed by atoms with van der Waals surface area (Å²) < 4.78 is 4.97. The van der Waals surface area contributed by atoms with E-state index < -0.39 is 0 Å². The molecular weight excluding hydrogens is 777 g/mol. The van der Waals surface area contributed by atoms with Crippen molar-refractivity contribution in [2.75, 3.05) is 0 Å². The van der Waals surface area contributed by atoms with Crippen LogP contribution >= 0.6 is 0 Å². The van der Waals surface area contributed by atoms with Crippen molar-refractivity contribution >= 4 is 97.6 Å². The fourth-order valence-electron chi connectivity index (χ4n) is 10.5. The zero-order chi connectivity index (χ0) is 41.9. The fraction of sp³-hybridized carbons (Fsp3) is 0. The van der Waals surface area contributed by atoms with Crippen LogP contribution in [0.15, 0.2) is 218 Å². The number of aromatic nitrogens is 4. The van der Waals surface area contributed by atoms with Crippen molar-refractivity contribution in [2.45, 2.75) is 0 Å². The van der Waals surface area contributed by atoms with Crippen molar-refractivity contribution in [3.05, 3.63) is 218 Å². The Morgan fingerprint density at radius 3 is 1.62 bits per heavy atom. The Bertz CT molecular complexity index is 4270. The normalized spacial score (nSPS) is 12.1. The Hall–Kier alpha value is -8.60. The first-order chi connectivity index (χ1) is 31.7. The molecule has 0 aliphatic carbocycles. The third kappa shape index (κ3) is 5.11. The van der Waals surface area contributed by atoms with Gasteiger partial charge in [-0.2, -0.15) is 0 Å². The first-order valence-corrected chi connectivity index (χ1v) is 21.9. The van der Waals surface area contributed by atoms with E-state index in [-0.39, 0.29) is 0 Å². The lowest BCUT2D eigenvalue weighted by Crippen LogP contribution is -1.99. The van der Waals surface area contributed by atoms with Crippen molar-refractivity contribution in [3.63, 3.8) is 0 Å². The van der Waals surface area contributed by atoms with Crippen LogP contribution in [0.1, 0.15) is 0 Å².